The van der Waals surface area contributed by atoms with E-state index in [2.05, 4.69) is 111 Å². The molecule has 3 unspecified atom stereocenters. The zero-order valence-corrected chi connectivity index (χ0v) is 34.3. The van der Waals surface area contributed by atoms with Crippen LogP contribution < -0.4 is 4.74 Å². The molecule has 0 aromatic heterocycles. The number of nitrogens with zero attached hydrogens (tertiary/aromatic N) is 1. The Labute approximate surface area is 316 Å². The van der Waals surface area contributed by atoms with Crippen LogP contribution in [0, 0.1) is 11.8 Å². The fourth-order valence-corrected chi connectivity index (χ4v) is 5.51. The Morgan fingerprint density at radius 2 is 0.981 bits per heavy atom. The molecule has 0 aliphatic heterocycles. The number of rotatable bonds is 14. The number of ether oxygens (including phenoxy) is 1. The lowest BCUT2D eigenvalue weighted by atomic mass is 9.78. The third-order valence-corrected chi connectivity index (χ3v) is 10.6. The molecule has 0 spiro atoms. The van der Waals surface area contributed by atoms with Crippen LogP contribution in [-0.4, -0.2) is 53.1 Å². The van der Waals surface area contributed by atoms with E-state index >= 15 is 0 Å². The second-order valence-electron chi connectivity index (χ2n) is 16.0. The fourth-order valence-electron chi connectivity index (χ4n) is 5.51. The highest BCUT2D eigenvalue weighted by molar-refractivity contribution is 5.42. The zero-order chi connectivity index (χ0) is 39.1. The molecule has 0 saturated heterocycles. The first-order valence-electron chi connectivity index (χ1n) is 19.2. The molecule has 3 atom stereocenters. The Hall–Kier alpha value is -3.80. The molecule has 0 saturated carbocycles. The lowest BCUT2D eigenvalue weighted by molar-refractivity contribution is 0.116. The van der Waals surface area contributed by atoms with Crippen LogP contribution in [0.15, 0.2) is 97.1 Å². The molecule has 0 amide bonds. The van der Waals surface area contributed by atoms with Crippen LogP contribution in [-0.2, 0) is 17.3 Å². The quantitative estimate of drug-likeness (QED) is 0.121. The van der Waals surface area contributed by atoms with Gasteiger partial charge in [0.2, 0.25) is 0 Å². The summed E-state index contributed by atoms with van der Waals surface area (Å²) in [5, 5.41) is 28.8. The monoisotopic (exact) mass is 712 g/mol. The van der Waals surface area contributed by atoms with Crippen LogP contribution in [0.1, 0.15) is 116 Å². The maximum Gasteiger partial charge on any atom is 0.119 e. The molecule has 0 heterocycles. The molecule has 0 aliphatic rings. The van der Waals surface area contributed by atoms with Crippen molar-refractivity contribution in [3.8, 4) is 17.2 Å². The summed E-state index contributed by atoms with van der Waals surface area (Å²) in [6.07, 6.45) is 3.85. The van der Waals surface area contributed by atoms with Crippen molar-refractivity contribution >= 4 is 0 Å². The Kier molecular flexibility index (Phi) is 17.9. The van der Waals surface area contributed by atoms with Gasteiger partial charge in [0.25, 0.3) is 0 Å². The van der Waals surface area contributed by atoms with E-state index in [9.17, 15) is 15.3 Å². The van der Waals surface area contributed by atoms with Gasteiger partial charge in [0, 0.05) is 16.9 Å². The zero-order valence-electron chi connectivity index (χ0n) is 34.3. The van der Waals surface area contributed by atoms with Crippen LogP contribution in [0.2, 0.25) is 0 Å². The highest BCUT2D eigenvalue weighted by Crippen LogP contribution is 2.34. The summed E-state index contributed by atoms with van der Waals surface area (Å²) in [7, 11) is 4.21. The van der Waals surface area contributed by atoms with Crippen molar-refractivity contribution in [2.45, 2.75) is 118 Å². The van der Waals surface area contributed by atoms with Crippen LogP contribution >= 0.6 is 0 Å². The van der Waals surface area contributed by atoms with Crippen molar-refractivity contribution in [3.63, 3.8) is 0 Å². The van der Waals surface area contributed by atoms with Gasteiger partial charge in [0.1, 0.15) is 17.2 Å². The normalized spacial score (nSPS) is 13.4. The first-order valence-corrected chi connectivity index (χ1v) is 19.2. The van der Waals surface area contributed by atoms with Crippen molar-refractivity contribution in [3.05, 3.63) is 125 Å². The van der Waals surface area contributed by atoms with Gasteiger partial charge in [-0.3, -0.25) is 0 Å². The Morgan fingerprint density at radius 1 is 0.596 bits per heavy atom. The van der Waals surface area contributed by atoms with Crippen LogP contribution in [0.5, 0.6) is 17.2 Å². The van der Waals surface area contributed by atoms with Crippen LogP contribution in [0.25, 0.3) is 0 Å². The van der Waals surface area contributed by atoms with Crippen molar-refractivity contribution in [2.24, 2.45) is 11.8 Å². The van der Waals surface area contributed by atoms with Crippen molar-refractivity contribution in [2.75, 3.05) is 20.7 Å². The molecule has 286 valence electrons. The fraction of sp³-hybridized carbons (Fsp3) is 0.489. The third kappa shape index (κ3) is 14.0. The number of hydrogen-bond donors (Lipinski definition) is 3. The predicted molar refractivity (Wildman–Crippen MR) is 221 cm³/mol. The third-order valence-electron chi connectivity index (χ3n) is 10.6. The molecule has 4 aromatic rings. The first-order chi connectivity index (χ1) is 24.4. The molecule has 0 bridgehead atoms. The Balaban J connectivity index is 0.000000305. The summed E-state index contributed by atoms with van der Waals surface area (Å²) in [4.78, 5) is 2.22. The van der Waals surface area contributed by atoms with E-state index in [1.54, 1.807) is 24.3 Å². The molecule has 4 rings (SSSR count). The second-order valence-corrected chi connectivity index (χ2v) is 16.0. The SMILES string of the molecule is CC(C)C(O)CCc1ccc(C(C)(C)c2ccc(O)cc2)cc1.CCC(C)COc1ccc(C(C)(C)c2ccc(O)cc2)cc1.CCC(C)N(C)C. The number of aliphatic hydroxyl groups is 1. The average Bonchev–Trinajstić information content (AvgIpc) is 3.13. The second kappa shape index (κ2) is 21.0. The minimum atomic E-state index is -0.233. The summed E-state index contributed by atoms with van der Waals surface area (Å²) in [5.74, 6) is 2.40. The van der Waals surface area contributed by atoms with Gasteiger partial charge in [0.15, 0.2) is 0 Å². The van der Waals surface area contributed by atoms with Gasteiger partial charge < -0.3 is 25.0 Å². The molecule has 0 aliphatic carbocycles. The van der Waals surface area contributed by atoms with E-state index in [0.717, 1.165) is 37.7 Å². The highest BCUT2D eigenvalue weighted by Gasteiger charge is 2.24. The number of phenolic OH excluding ortho intramolecular Hbond substituents is 2. The first kappa shape index (κ1) is 44.4. The maximum absolute atomic E-state index is 9.92. The molecule has 5 nitrogen and oxygen atoms in total. The summed E-state index contributed by atoms with van der Waals surface area (Å²) >= 11 is 0. The van der Waals surface area contributed by atoms with E-state index in [-0.39, 0.29) is 16.9 Å². The molecule has 4 aromatic carbocycles. The van der Waals surface area contributed by atoms with E-state index in [1.165, 1.54) is 34.2 Å². The Bertz CT molecular complexity index is 1540. The van der Waals surface area contributed by atoms with Gasteiger partial charge in [-0.1, -0.05) is 129 Å². The predicted octanol–water partition coefficient (Wildman–Crippen LogP) is 11.2. The van der Waals surface area contributed by atoms with E-state index in [1.807, 2.05) is 50.2 Å². The number of phenols is 2. The largest absolute Gasteiger partial charge is 0.508 e. The molecule has 52 heavy (non-hydrogen) atoms. The molecule has 5 heteroatoms. The number of aromatic hydroxyl groups is 2. The lowest BCUT2D eigenvalue weighted by Crippen LogP contribution is -2.23. The molecular formula is C47H69NO4. The number of aryl methyl sites for hydroxylation is 1. The number of benzene rings is 4. The minimum Gasteiger partial charge on any atom is -0.508 e. The van der Waals surface area contributed by atoms with Crippen LogP contribution in [0.3, 0.4) is 0 Å². The average molecular weight is 712 g/mol. The van der Waals surface area contributed by atoms with E-state index in [0.29, 0.717) is 23.3 Å². The smallest absolute Gasteiger partial charge is 0.119 e. The summed E-state index contributed by atoms with van der Waals surface area (Å²) in [6, 6.07) is 32.6. The van der Waals surface area contributed by atoms with Gasteiger partial charge in [-0.2, -0.15) is 0 Å². The molecule has 3 N–H and O–H groups in total. The van der Waals surface area contributed by atoms with Crippen molar-refractivity contribution in [1.82, 2.24) is 4.90 Å². The summed E-state index contributed by atoms with van der Waals surface area (Å²) in [6.45, 7) is 22.4. The maximum atomic E-state index is 9.92. The van der Waals surface area contributed by atoms with Crippen molar-refractivity contribution in [1.29, 1.82) is 0 Å². The lowest BCUT2D eigenvalue weighted by Gasteiger charge is -2.26. The van der Waals surface area contributed by atoms with Crippen LogP contribution in [0.4, 0.5) is 0 Å². The minimum absolute atomic E-state index is 0.107. The standard InChI is InChI=1S/C21H28O2.C20H26O2.C6H15N/c1-15(2)20(23)14-7-16-5-8-17(9-6-16)21(3,4)18-10-12-19(22)13-11-18;1-5-15(2)14-22-19-12-8-17(9-13-19)20(3,4)16-6-10-18(21)11-7-16;1-5-6(2)7(3)4/h5-6,8-13,15,20,22-23H,7,14H2,1-4H3;6-13,15,21H,5,14H2,1-4H3;6H,5H2,1-4H3. The van der Waals surface area contributed by atoms with Gasteiger partial charge in [-0.15, -0.1) is 0 Å². The highest BCUT2D eigenvalue weighted by atomic mass is 16.5. The van der Waals surface area contributed by atoms with Gasteiger partial charge in [0.05, 0.1) is 12.7 Å². The van der Waals surface area contributed by atoms with E-state index < -0.39 is 0 Å². The number of aliphatic hydroxyl groups excluding tert-OH is 1. The van der Waals surface area contributed by atoms with Gasteiger partial charge in [-0.25, -0.2) is 0 Å². The molecule has 0 radical (unpaired) electrons. The molecular weight excluding hydrogens is 643 g/mol. The number of hydrogen-bond acceptors (Lipinski definition) is 5. The Morgan fingerprint density at radius 3 is 1.31 bits per heavy atom. The van der Waals surface area contributed by atoms with E-state index in [4.69, 9.17) is 4.74 Å². The topological polar surface area (TPSA) is 73.2 Å². The van der Waals surface area contributed by atoms with Crippen molar-refractivity contribution < 1.29 is 20.1 Å². The summed E-state index contributed by atoms with van der Waals surface area (Å²) < 4.78 is 5.81. The molecule has 0 fully saturated rings. The van der Waals surface area contributed by atoms with Gasteiger partial charge in [-0.05, 0) is 116 Å². The summed E-state index contributed by atoms with van der Waals surface area (Å²) in [5.41, 5.74) is 5.88. The van der Waals surface area contributed by atoms with Gasteiger partial charge >= 0.3 is 0 Å².